The van der Waals surface area contributed by atoms with Gasteiger partial charge in [0.2, 0.25) is 0 Å². The molecule has 0 unspecified atom stereocenters. The van der Waals surface area contributed by atoms with E-state index in [1.165, 1.54) is 12.1 Å². The van der Waals surface area contributed by atoms with Crippen LogP contribution in [0.15, 0.2) is 26.4 Å². The quantitative estimate of drug-likeness (QED) is 0.0861. The first-order chi connectivity index (χ1) is 11.5. The molecule has 0 heterocycles. The van der Waals surface area contributed by atoms with Gasteiger partial charge in [-0.2, -0.15) is 0 Å². The van der Waals surface area contributed by atoms with E-state index in [1.54, 1.807) is 6.92 Å². The standard InChI is InChI=1S/C7H4BrClFI.C7H6BrClFN.HNO2.Na/c2*1-3-4(9)2-5(10)7(11)6(3)8;2-1-3;/h2H,1H3;2H,11H2,1H3;(H,2,3);/q;;;+1/p-1. The predicted octanol–water partition coefficient (Wildman–Crippen LogP) is 4.54. The van der Waals surface area contributed by atoms with Gasteiger partial charge in [-0.05, 0) is 91.6 Å². The Hall–Kier alpha value is 0.770. The molecule has 0 atom stereocenters. The average Bonchev–Trinajstić information content (AvgIpc) is 2.56. The van der Waals surface area contributed by atoms with Crippen LogP contribution < -0.4 is 35.3 Å². The molecule has 0 saturated heterocycles. The molecule has 0 bridgehead atoms. The van der Waals surface area contributed by atoms with Crippen molar-refractivity contribution in [3.63, 3.8) is 0 Å². The van der Waals surface area contributed by atoms with Gasteiger partial charge in [0.25, 0.3) is 0 Å². The van der Waals surface area contributed by atoms with Gasteiger partial charge in [-0.3, -0.25) is 0 Å². The maximum Gasteiger partial charge on any atom is 1.00 e. The van der Waals surface area contributed by atoms with Crippen LogP contribution in [0.5, 0.6) is 0 Å². The van der Waals surface area contributed by atoms with Crippen molar-refractivity contribution in [1.82, 2.24) is 0 Å². The van der Waals surface area contributed by atoms with Crippen molar-refractivity contribution in [2.24, 2.45) is 5.34 Å². The number of halogens is 7. The van der Waals surface area contributed by atoms with Crippen molar-refractivity contribution in [3.8, 4) is 0 Å². The molecule has 0 aliphatic carbocycles. The topological polar surface area (TPSA) is 78.5 Å². The first-order valence-electron chi connectivity index (χ1n) is 6.13. The Balaban J connectivity index is 0. The van der Waals surface area contributed by atoms with Crippen LogP contribution in [-0.4, -0.2) is 0 Å². The number of benzene rings is 2. The fourth-order valence-electron chi connectivity index (χ4n) is 1.37. The molecule has 0 aliphatic rings. The molecule has 0 aromatic heterocycles. The van der Waals surface area contributed by atoms with E-state index in [2.05, 4.69) is 31.9 Å². The molecule has 4 nitrogen and oxygen atoms in total. The summed E-state index contributed by atoms with van der Waals surface area (Å²) in [5.74, 6) is -0.777. The zero-order valence-corrected chi connectivity index (χ0v) is 22.5. The third-order valence-electron chi connectivity index (χ3n) is 2.78. The van der Waals surface area contributed by atoms with E-state index in [1.807, 2.05) is 29.5 Å². The molecule has 12 heteroatoms. The molecule has 0 aliphatic heterocycles. The molecular weight excluding hydrogens is 647 g/mol. The minimum atomic E-state index is -0.493. The van der Waals surface area contributed by atoms with Crippen LogP contribution in [0.3, 0.4) is 0 Å². The van der Waals surface area contributed by atoms with E-state index in [9.17, 15) is 8.78 Å². The monoisotopic (exact) mass is 654 g/mol. The maximum atomic E-state index is 12.9. The Bertz CT molecular complexity index is 676. The molecule has 0 saturated carbocycles. The number of rotatable bonds is 0. The normalized spacial score (nSPS) is 9.12. The second-order valence-corrected chi connectivity index (χ2v) is 7.84. The van der Waals surface area contributed by atoms with Crippen molar-refractivity contribution in [2.45, 2.75) is 13.8 Å². The van der Waals surface area contributed by atoms with Crippen LogP contribution in [-0.2, 0) is 0 Å². The molecule has 2 aromatic rings. The van der Waals surface area contributed by atoms with Crippen LogP contribution in [0.4, 0.5) is 14.5 Å². The Labute approximate surface area is 211 Å². The van der Waals surface area contributed by atoms with Crippen molar-refractivity contribution < 1.29 is 38.3 Å². The summed E-state index contributed by atoms with van der Waals surface area (Å²) in [6, 6.07) is 2.53. The summed E-state index contributed by atoms with van der Waals surface area (Å²) < 4.78 is 27.5. The minimum absolute atomic E-state index is 0. The third kappa shape index (κ3) is 8.42. The van der Waals surface area contributed by atoms with Gasteiger partial charge in [0.1, 0.15) is 11.6 Å². The molecule has 26 heavy (non-hydrogen) atoms. The smallest absolute Gasteiger partial charge is 0.444 e. The molecule has 2 rings (SSSR count). The van der Waals surface area contributed by atoms with Crippen LogP contribution in [0.2, 0.25) is 10.0 Å². The summed E-state index contributed by atoms with van der Waals surface area (Å²) in [5, 5.41) is 9.83. The number of anilines is 1. The number of hydrogen-bond acceptors (Lipinski definition) is 4. The van der Waals surface area contributed by atoms with E-state index < -0.39 is 5.82 Å². The molecule has 0 amide bonds. The summed E-state index contributed by atoms with van der Waals surface area (Å²) in [6.07, 6.45) is 0. The zero-order valence-electron chi connectivity index (χ0n) is 13.6. The number of nitrogens with two attached hydrogens (primary N) is 1. The summed E-state index contributed by atoms with van der Waals surface area (Å²) >= 11 is 19.7. The zero-order chi connectivity index (χ0) is 19.9. The van der Waals surface area contributed by atoms with E-state index in [-0.39, 0.29) is 41.1 Å². The van der Waals surface area contributed by atoms with Gasteiger partial charge in [-0.25, -0.2) is 8.78 Å². The van der Waals surface area contributed by atoms with Crippen LogP contribution in [0, 0.1) is 39.2 Å². The number of nitrogen functional groups attached to an aromatic ring is 1. The molecule has 0 spiro atoms. The average molecular weight is 657 g/mol. The van der Waals surface area contributed by atoms with E-state index in [4.69, 9.17) is 39.0 Å². The Kier molecular flexibility index (Phi) is 15.5. The van der Waals surface area contributed by atoms with E-state index in [0.29, 0.717) is 18.1 Å². The molecule has 138 valence electrons. The fraction of sp³-hybridized carbons (Fsp3) is 0.143. The minimum Gasteiger partial charge on any atom is -0.444 e. The van der Waals surface area contributed by atoms with Gasteiger partial charge in [0, 0.05) is 19.0 Å². The first-order valence-corrected chi connectivity index (χ1v) is 9.55. The second kappa shape index (κ2) is 13.9. The second-order valence-electron chi connectivity index (χ2n) is 4.36. The van der Waals surface area contributed by atoms with Crippen LogP contribution in [0.25, 0.3) is 0 Å². The molecule has 0 radical (unpaired) electrons. The van der Waals surface area contributed by atoms with Gasteiger partial charge in [0.15, 0.2) is 0 Å². The first kappa shape index (κ1) is 29.0. The van der Waals surface area contributed by atoms with Crippen molar-refractivity contribution in [2.75, 3.05) is 5.73 Å². The molecule has 2 aromatic carbocycles. The van der Waals surface area contributed by atoms with Crippen molar-refractivity contribution >= 4 is 83.3 Å². The number of nitrogens with zero attached hydrogens (tertiary/aromatic N) is 1. The summed E-state index contributed by atoms with van der Waals surface area (Å²) in [4.78, 5) is 8.00. The van der Waals surface area contributed by atoms with Crippen LogP contribution in [0.1, 0.15) is 11.1 Å². The SMILES string of the molecule is Cc1c(Cl)cc(F)c(I)c1Br.Cc1c(Cl)cc(F)c(N)c1Br.O=N[O-].[Na+]. The molecular formula is C14H10Br2Cl2F2IN2NaO2. The van der Waals surface area contributed by atoms with Gasteiger partial charge in [-0.15, -0.1) is 5.34 Å². The van der Waals surface area contributed by atoms with Gasteiger partial charge >= 0.3 is 29.6 Å². The Morgan fingerprint density at radius 3 is 1.85 bits per heavy atom. The predicted molar refractivity (Wildman–Crippen MR) is 114 cm³/mol. The summed E-state index contributed by atoms with van der Waals surface area (Å²) in [6.45, 7) is 3.61. The third-order valence-corrected chi connectivity index (χ3v) is 7.37. The summed E-state index contributed by atoms with van der Waals surface area (Å²) in [5.41, 5.74) is 7.10. The van der Waals surface area contributed by atoms with Crippen LogP contribution >= 0.6 is 77.7 Å². The molecule has 0 fully saturated rings. The van der Waals surface area contributed by atoms with Gasteiger partial charge < -0.3 is 15.8 Å². The largest absolute Gasteiger partial charge is 1.00 e. The van der Waals surface area contributed by atoms with Gasteiger partial charge in [-0.1, -0.05) is 23.2 Å². The van der Waals surface area contributed by atoms with E-state index in [0.717, 1.165) is 20.9 Å². The molecule has 2 N–H and O–H groups in total. The van der Waals surface area contributed by atoms with Crippen molar-refractivity contribution in [3.05, 3.63) is 67.6 Å². The maximum absolute atomic E-state index is 12.9. The number of hydrogen-bond donors (Lipinski definition) is 1. The van der Waals surface area contributed by atoms with Gasteiger partial charge in [0.05, 0.1) is 9.26 Å². The van der Waals surface area contributed by atoms with E-state index >= 15 is 0 Å². The van der Waals surface area contributed by atoms with Crippen molar-refractivity contribution in [1.29, 1.82) is 0 Å². The Morgan fingerprint density at radius 1 is 1.08 bits per heavy atom. The Morgan fingerprint density at radius 2 is 1.42 bits per heavy atom. The summed E-state index contributed by atoms with van der Waals surface area (Å²) in [7, 11) is 0. The fourth-order valence-corrected chi connectivity index (χ4v) is 3.34.